The number of nitrogens with two attached hydrogens (primary N) is 1. The summed E-state index contributed by atoms with van der Waals surface area (Å²) in [5.74, 6) is -0.352. The van der Waals surface area contributed by atoms with Gasteiger partial charge in [0.05, 0.1) is 0 Å². The summed E-state index contributed by atoms with van der Waals surface area (Å²) < 4.78 is 0. The molecule has 2 aromatic carbocycles. The summed E-state index contributed by atoms with van der Waals surface area (Å²) in [4.78, 5) is 12.2. The minimum Gasteiger partial charge on any atom is -0.368 e. The van der Waals surface area contributed by atoms with Gasteiger partial charge in [-0.3, -0.25) is 4.79 Å². The van der Waals surface area contributed by atoms with E-state index in [-0.39, 0.29) is 5.91 Å². The van der Waals surface area contributed by atoms with Crippen LogP contribution in [0.25, 0.3) is 0 Å². The lowest BCUT2D eigenvalue weighted by molar-refractivity contribution is -0.122. The van der Waals surface area contributed by atoms with Crippen molar-refractivity contribution in [1.29, 1.82) is 0 Å². The van der Waals surface area contributed by atoms with E-state index in [4.69, 9.17) is 5.73 Å². The molecule has 0 fully saturated rings. The molecule has 0 aliphatic heterocycles. The molecule has 0 bridgehead atoms. The molecule has 0 spiro atoms. The third-order valence-corrected chi connectivity index (χ3v) is 3.44. The molecule has 1 unspecified atom stereocenters. The SMILES string of the molecule is CCCC(Nc1ccccc1)(C(N)=O)c1ccccc1. The third-order valence-electron chi connectivity index (χ3n) is 3.44. The van der Waals surface area contributed by atoms with Gasteiger partial charge in [-0.2, -0.15) is 0 Å². The van der Waals surface area contributed by atoms with Crippen LogP contribution in [0.1, 0.15) is 25.3 Å². The second-order valence-electron chi connectivity index (χ2n) is 4.88. The van der Waals surface area contributed by atoms with Crippen LogP contribution >= 0.6 is 0 Å². The van der Waals surface area contributed by atoms with E-state index in [0.29, 0.717) is 6.42 Å². The Balaban J connectivity index is 2.45. The van der Waals surface area contributed by atoms with Gasteiger partial charge in [-0.25, -0.2) is 0 Å². The highest BCUT2D eigenvalue weighted by Crippen LogP contribution is 2.31. The van der Waals surface area contributed by atoms with Gasteiger partial charge < -0.3 is 11.1 Å². The molecule has 2 aromatic rings. The highest BCUT2D eigenvalue weighted by Gasteiger charge is 2.37. The van der Waals surface area contributed by atoms with Crippen molar-refractivity contribution in [3.05, 3.63) is 66.2 Å². The van der Waals surface area contributed by atoms with Gasteiger partial charge in [0.25, 0.3) is 0 Å². The molecule has 0 saturated carbocycles. The van der Waals surface area contributed by atoms with E-state index in [0.717, 1.165) is 17.7 Å². The Labute approximate surface area is 119 Å². The van der Waals surface area contributed by atoms with Crippen LogP contribution in [0.4, 0.5) is 5.69 Å². The van der Waals surface area contributed by atoms with Crippen LogP contribution in [0.3, 0.4) is 0 Å². The van der Waals surface area contributed by atoms with Gasteiger partial charge in [-0.15, -0.1) is 0 Å². The summed E-state index contributed by atoms with van der Waals surface area (Å²) in [6.07, 6.45) is 1.51. The normalized spacial score (nSPS) is 13.4. The van der Waals surface area contributed by atoms with Crippen molar-refractivity contribution in [2.24, 2.45) is 5.73 Å². The highest BCUT2D eigenvalue weighted by molar-refractivity contribution is 5.89. The summed E-state index contributed by atoms with van der Waals surface area (Å²) in [7, 11) is 0. The summed E-state index contributed by atoms with van der Waals surface area (Å²) in [6, 6.07) is 19.4. The van der Waals surface area contributed by atoms with Gasteiger partial charge in [-0.05, 0) is 24.1 Å². The number of anilines is 1. The number of nitrogens with one attached hydrogen (secondary N) is 1. The predicted octanol–water partition coefficient (Wildman–Crippen LogP) is 3.28. The van der Waals surface area contributed by atoms with Crippen LogP contribution in [-0.4, -0.2) is 5.91 Å². The van der Waals surface area contributed by atoms with E-state index in [1.165, 1.54) is 0 Å². The number of carbonyl (C=O) groups is 1. The maximum Gasteiger partial charge on any atom is 0.247 e. The molecule has 3 heteroatoms. The van der Waals surface area contributed by atoms with Gasteiger partial charge in [0.2, 0.25) is 5.91 Å². The zero-order valence-corrected chi connectivity index (χ0v) is 11.7. The average Bonchev–Trinajstić information content (AvgIpc) is 2.48. The lowest BCUT2D eigenvalue weighted by Crippen LogP contribution is -2.47. The van der Waals surface area contributed by atoms with Crippen LogP contribution in [0.15, 0.2) is 60.7 Å². The van der Waals surface area contributed by atoms with Crippen molar-refractivity contribution >= 4 is 11.6 Å². The number of hydrogen-bond donors (Lipinski definition) is 2. The molecule has 0 aliphatic carbocycles. The quantitative estimate of drug-likeness (QED) is 0.844. The predicted molar refractivity (Wildman–Crippen MR) is 82.3 cm³/mol. The van der Waals surface area contributed by atoms with Crippen LogP contribution in [0.5, 0.6) is 0 Å². The summed E-state index contributed by atoms with van der Waals surface area (Å²) in [5.41, 5.74) is 6.67. The number of rotatable bonds is 6. The number of carbonyl (C=O) groups excluding carboxylic acids is 1. The minimum atomic E-state index is -0.864. The van der Waals surface area contributed by atoms with Crippen molar-refractivity contribution in [3.63, 3.8) is 0 Å². The fourth-order valence-electron chi connectivity index (χ4n) is 2.47. The third kappa shape index (κ3) is 2.82. The van der Waals surface area contributed by atoms with Crippen LogP contribution < -0.4 is 11.1 Å². The summed E-state index contributed by atoms with van der Waals surface area (Å²) in [6.45, 7) is 2.05. The molecule has 3 nitrogen and oxygen atoms in total. The highest BCUT2D eigenvalue weighted by atomic mass is 16.1. The number of hydrogen-bond acceptors (Lipinski definition) is 2. The van der Waals surface area contributed by atoms with Crippen molar-refractivity contribution in [2.45, 2.75) is 25.3 Å². The molecule has 1 amide bonds. The number of amides is 1. The number of primary amides is 1. The van der Waals surface area contributed by atoms with Crippen molar-refractivity contribution in [3.8, 4) is 0 Å². The molecule has 0 aliphatic rings. The van der Waals surface area contributed by atoms with E-state index in [1.807, 2.05) is 67.6 Å². The van der Waals surface area contributed by atoms with Gasteiger partial charge in [0.1, 0.15) is 5.54 Å². The molecule has 20 heavy (non-hydrogen) atoms. The van der Waals surface area contributed by atoms with E-state index in [9.17, 15) is 4.79 Å². The first-order valence-corrected chi connectivity index (χ1v) is 6.87. The smallest absolute Gasteiger partial charge is 0.247 e. The van der Waals surface area contributed by atoms with E-state index in [1.54, 1.807) is 0 Å². The number of para-hydroxylation sites is 1. The van der Waals surface area contributed by atoms with Crippen LogP contribution in [-0.2, 0) is 10.3 Å². The Morgan fingerprint density at radius 3 is 2.10 bits per heavy atom. The molecular formula is C17H20N2O. The Morgan fingerprint density at radius 1 is 1.05 bits per heavy atom. The van der Waals surface area contributed by atoms with E-state index >= 15 is 0 Å². The Hall–Kier alpha value is -2.29. The lowest BCUT2D eigenvalue weighted by Gasteiger charge is -2.33. The van der Waals surface area contributed by atoms with Crippen molar-refractivity contribution < 1.29 is 4.79 Å². The molecular weight excluding hydrogens is 248 g/mol. The Morgan fingerprint density at radius 2 is 1.60 bits per heavy atom. The minimum absolute atomic E-state index is 0.352. The fraction of sp³-hybridized carbons (Fsp3) is 0.235. The lowest BCUT2D eigenvalue weighted by atomic mass is 9.84. The molecule has 2 rings (SSSR count). The van der Waals surface area contributed by atoms with E-state index < -0.39 is 5.54 Å². The molecule has 0 heterocycles. The van der Waals surface area contributed by atoms with Gasteiger partial charge in [0, 0.05) is 5.69 Å². The van der Waals surface area contributed by atoms with Crippen molar-refractivity contribution in [1.82, 2.24) is 0 Å². The zero-order chi connectivity index (χ0) is 14.4. The molecule has 0 saturated heterocycles. The summed E-state index contributed by atoms with van der Waals surface area (Å²) >= 11 is 0. The van der Waals surface area contributed by atoms with Crippen molar-refractivity contribution in [2.75, 3.05) is 5.32 Å². The van der Waals surface area contributed by atoms with Gasteiger partial charge >= 0.3 is 0 Å². The first-order chi connectivity index (χ1) is 9.69. The maximum absolute atomic E-state index is 12.2. The molecule has 104 valence electrons. The Kier molecular flexibility index (Phi) is 4.41. The molecule has 3 N–H and O–H groups in total. The largest absolute Gasteiger partial charge is 0.368 e. The molecule has 0 aromatic heterocycles. The molecule has 1 atom stereocenters. The standard InChI is InChI=1S/C17H20N2O/c1-2-13-17(16(18)20,14-9-5-3-6-10-14)19-15-11-7-4-8-12-15/h3-12,19H,2,13H2,1H3,(H2,18,20). The second kappa shape index (κ2) is 6.24. The first-order valence-electron chi connectivity index (χ1n) is 6.87. The number of benzene rings is 2. The van der Waals surface area contributed by atoms with Crippen LogP contribution in [0.2, 0.25) is 0 Å². The van der Waals surface area contributed by atoms with Gasteiger partial charge in [-0.1, -0.05) is 61.9 Å². The fourth-order valence-corrected chi connectivity index (χ4v) is 2.47. The summed E-state index contributed by atoms with van der Waals surface area (Å²) in [5, 5.41) is 3.33. The maximum atomic E-state index is 12.2. The Bertz CT molecular complexity index is 554. The first kappa shape index (κ1) is 14.1. The monoisotopic (exact) mass is 268 g/mol. The topological polar surface area (TPSA) is 55.1 Å². The average molecular weight is 268 g/mol. The zero-order valence-electron chi connectivity index (χ0n) is 11.7. The van der Waals surface area contributed by atoms with E-state index in [2.05, 4.69) is 5.32 Å². The van der Waals surface area contributed by atoms with Gasteiger partial charge in [0.15, 0.2) is 0 Å². The van der Waals surface area contributed by atoms with Crippen LogP contribution in [0, 0.1) is 0 Å². The second-order valence-corrected chi connectivity index (χ2v) is 4.88. The molecule has 0 radical (unpaired) electrons.